The van der Waals surface area contributed by atoms with E-state index in [1.165, 1.54) is 5.69 Å². The van der Waals surface area contributed by atoms with Gasteiger partial charge in [0.1, 0.15) is 5.75 Å². The van der Waals surface area contributed by atoms with Gasteiger partial charge in [-0.15, -0.1) is 0 Å². The highest BCUT2D eigenvalue weighted by Crippen LogP contribution is 2.25. The maximum Gasteiger partial charge on any atom is 0.259 e. The van der Waals surface area contributed by atoms with E-state index in [-0.39, 0.29) is 5.91 Å². The molecule has 0 saturated carbocycles. The number of halogens is 1. The molecule has 2 aromatic carbocycles. The molecule has 1 fully saturated rings. The summed E-state index contributed by atoms with van der Waals surface area (Å²) in [5.41, 5.74) is 2.48. The van der Waals surface area contributed by atoms with E-state index in [4.69, 9.17) is 4.74 Å². The Morgan fingerprint density at radius 3 is 2.48 bits per heavy atom. The highest BCUT2D eigenvalue weighted by atomic mass is 79.9. The van der Waals surface area contributed by atoms with Crippen LogP contribution in [-0.4, -0.2) is 46.2 Å². The summed E-state index contributed by atoms with van der Waals surface area (Å²) in [6.45, 7) is 4.43. The van der Waals surface area contributed by atoms with Crippen LogP contribution in [0, 0.1) is 0 Å². The zero-order valence-corrected chi connectivity index (χ0v) is 16.1. The molecule has 1 aliphatic rings. The topological polar surface area (TPSA) is 46.0 Å². The number of amides is 1. The minimum Gasteiger partial charge on any atom is -0.496 e. The highest BCUT2D eigenvalue weighted by molar-refractivity contribution is 9.10. The van der Waals surface area contributed by atoms with E-state index in [0.29, 0.717) is 11.3 Å². The Labute approximate surface area is 156 Å². The van der Waals surface area contributed by atoms with Crippen LogP contribution in [0.5, 0.6) is 5.75 Å². The first-order valence-corrected chi connectivity index (χ1v) is 9.17. The number of benzene rings is 2. The minimum atomic E-state index is -0.186. The Kier molecular flexibility index (Phi) is 5.60. The summed E-state index contributed by atoms with van der Waals surface area (Å²) in [7, 11) is 3.79. The van der Waals surface area contributed by atoms with Crippen molar-refractivity contribution in [2.75, 3.05) is 50.6 Å². The van der Waals surface area contributed by atoms with Crippen LogP contribution in [0.2, 0.25) is 0 Å². The lowest BCUT2D eigenvalue weighted by Crippen LogP contribution is -3.12. The van der Waals surface area contributed by atoms with E-state index >= 15 is 0 Å². The van der Waals surface area contributed by atoms with Crippen molar-refractivity contribution in [2.24, 2.45) is 0 Å². The zero-order chi connectivity index (χ0) is 17.8. The maximum absolute atomic E-state index is 12.5. The van der Waals surface area contributed by atoms with Crippen molar-refractivity contribution in [1.82, 2.24) is 0 Å². The largest absolute Gasteiger partial charge is 0.496 e. The van der Waals surface area contributed by atoms with Gasteiger partial charge in [0, 0.05) is 15.8 Å². The normalized spacial score (nSPS) is 15.1. The van der Waals surface area contributed by atoms with Crippen LogP contribution in [0.4, 0.5) is 11.4 Å². The molecule has 2 aromatic rings. The van der Waals surface area contributed by atoms with Gasteiger partial charge in [-0.1, -0.05) is 15.9 Å². The van der Waals surface area contributed by atoms with Gasteiger partial charge in [0.25, 0.3) is 5.91 Å². The van der Waals surface area contributed by atoms with Crippen LogP contribution >= 0.6 is 15.9 Å². The second-order valence-corrected chi connectivity index (χ2v) is 7.21. The average molecular weight is 405 g/mol. The molecule has 25 heavy (non-hydrogen) atoms. The number of ether oxygens (including phenoxy) is 1. The SMILES string of the molecule is COc1ccc(Br)cc1C(=O)Nc1ccc(N2CC[NH+](C)CC2)cc1. The Bertz CT molecular complexity index is 741. The molecule has 1 amide bonds. The van der Waals surface area contributed by atoms with E-state index < -0.39 is 0 Å². The van der Waals surface area contributed by atoms with E-state index in [2.05, 4.69) is 45.3 Å². The first-order valence-electron chi connectivity index (χ1n) is 8.38. The summed E-state index contributed by atoms with van der Waals surface area (Å²) >= 11 is 3.39. The summed E-state index contributed by atoms with van der Waals surface area (Å²) in [4.78, 5) is 16.5. The monoisotopic (exact) mass is 404 g/mol. The number of likely N-dealkylation sites (N-methyl/N-ethyl adjacent to an activating group) is 1. The van der Waals surface area contributed by atoms with Crippen LogP contribution in [0.15, 0.2) is 46.9 Å². The fraction of sp³-hybridized carbons (Fsp3) is 0.316. The number of nitrogens with zero attached hydrogens (tertiary/aromatic N) is 1. The Morgan fingerprint density at radius 2 is 1.84 bits per heavy atom. The van der Waals surface area contributed by atoms with Crippen LogP contribution in [0.3, 0.4) is 0 Å². The minimum absolute atomic E-state index is 0.186. The lowest BCUT2D eigenvalue weighted by molar-refractivity contribution is -0.880. The van der Waals surface area contributed by atoms with Crippen molar-refractivity contribution in [3.05, 3.63) is 52.5 Å². The fourth-order valence-electron chi connectivity index (χ4n) is 2.96. The second-order valence-electron chi connectivity index (χ2n) is 6.29. The Morgan fingerprint density at radius 1 is 1.16 bits per heavy atom. The van der Waals surface area contributed by atoms with E-state index in [9.17, 15) is 4.79 Å². The lowest BCUT2D eigenvalue weighted by Gasteiger charge is -2.31. The van der Waals surface area contributed by atoms with E-state index in [1.807, 2.05) is 18.2 Å². The van der Waals surface area contributed by atoms with Crippen molar-refractivity contribution < 1.29 is 14.4 Å². The number of methoxy groups -OCH3 is 1. The molecule has 1 saturated heterocycles. The molecule has 2 N–H and O–H groups in total. The number of hydrogen-bond donors (Lipinski definition) is 2. The van der Waals surface area contributed by atoms with Crippen molar-refractivity contribution >= 4 is 33.2 Å². The molecule has 0 aliphatic carbocycles. The van der Waals surface area contributed by atoms with Crippen molar-refractivity contribution in [2.45, 2.75) is 0 Å². The van der Waals surface area contributed by atoms with Gasteiger partial charge in [-0.05, 0) is 42.5 Å². The van der Waals surface area contributed by atoms with E-state index in [0.717, 1.165) is 36.3 Å². The van der Waals surface area contributed by atoms with Gasteiger partial charge in [-0.2, -0.15) is 0 Å². The number of carbonyl (C=O) groups is 1. The average Bonchev–Trinajstić information content (AvgIpc) is 2.63. The number of carbonyl (C=O) groups excluding carboxylic acids is 1. The summed E-state index contributed by atoms with van der Waals surface area (Å²) in [5, 5.41) is 2.93. The van der Waals surface area contributed by atoms with Gasteiger partial charge in [-0.25, -0.2) is 0 Å². The van der Waals surface area contributed by atoms with Crippen LogP contribution in [0.25, 0.3) is 0 Å². The molecule has 0 spiro atoms. The van der Waals surface area contributed by atoms with Gasteiger partial charge >= 0.3 is 0 Å². The maximum atomic E-state index is 12.5. The standard InChI is InChI=1S/C19H22BrN3O2/c1-22-9-11-23(12-10-22)16-6-4-15(5-7-16)21-19(24)17-13-14(20)3-8-18(17)25-2/h3-8,13H,9-12H2,1-2H3,(H,21,24)/p+1. The van der Waals surface area contributed by atoms with E-state index in [1.54, 1.807) is 24.1 Å². The van der Waals surface area contributed by atoms with Crippen molar-refractivity contribution in [3.63, 3.8) is 0 Å². The molecule has 0 unspecified atom stereocenters. The Balaban J connectivity index is 1.69. The molecule has 6 heteroatoms. The van der Waals surface area contributed by atoms with Gasteiger partial charge in [0.05, 0.1) is 45.9 Å². The van der Waals surface area contributed by atoms with Crippen LogP contribution < -0.4 is 19.9 Å². The predicted octanol–water partition coefficient (Wildman–Crippen LogP) is 2.04. The smallest absolute Gasteiger partial charge is 0.259 e. The lowest BCUT2D eigenvalue weighted by atomic mass is 10.1. The fourth-order valence-corrected chi connectivity index (χ4v) is 3.32. The summed E-state index contributed by atoms with van der Waals surface area (Å²) in [6.07, 6.45) is 0. The van der Waals surface area contributed by atoms with Gasteiger partial charge in [0.2, 0.25) is 0 Å². The third-order valence-corrected chi connectivity index (χ3v) is 5.01. The van der Waals surface area contributed by atoms with Gasteiger partial charge < -0.3 is 19.9 Å². The quantitative estimate of drug-likeness (QED) is 0.819. The molecule has 1 aliphatic heterocycles. The molecule has 3 rings (SSSR count). The number of piperazine rings is 1. The van der Waals surface area contributed by atoms with Crippen LogP contribution in [-0.2, 0) is 0 Å². The third kappa shape index (κ3) is 4.32. The highest BCUT2D eigenvalue weighted by Gasteiger charge is 2.17. The van der Waals surface area contributed by atoms with Crippen molar-refractivity contribution in [3.8, 4) is 5.75 Å². The summed E-state index contributed by atoms with van der Waals surface area (Å²) < 4.78 is 6.11. The molecular weight excluding hydrogens is 382 g/mol. The molecule has 0 aromatic heterocycles. The molecule has 0 atom stereocenters. The summed E-state index contributed by atoms with van der Waals surface area (Å²) in [6, 6.07) is 13.4. The number of rotatable bonds is 4. The second kappa shape index (κ2) is 7.89. The van der Waals surface area contributed by atoms with Gasteiger partial charge in [-0.3, -0.25) is 4.79 Å². The third-order valence-electron chi connectivity index (χ3n) is 4.51. The molecule has 0 bridgehead atoms. The predicted molar refractivity (Wildman–Crippen MR) is 104 cm³/mol. The first-order chi connectivity index (χ1) is 12.1. The summed E-state index contributed by atoms with van der Waals surface area (Å²) in [5.74, 6) is 0.367. The van der Waals surface area contributed by atoms with Crippen molar-refractivity contribution in [1.29, 1.82) is 0 Å². The first kappa shape index (κ1) is 17.8. The zero-order valence-electron chi connectivity index (χ0n) is 14.5. The molecule has 1 heterocycles. The number of hydrogen-bond acceptors (Lipinski definition) is 3. The number of nitrogens with one attached hydrogen (secondary N) is 2. The Hall–Kier alpha value is -2.05. The number of quaternary nitrogens is 1. The van der Waals surface area contributed by atoms with Gasteiger partial charge in [0.15, 0.2) is 0 Å². The van der Waals surface area contributed by atoms with Crippen LogP contribution in [0.1, 0.15) is 10.4 Å². The number of anilines is 2. The molecule has 132 valence electrons. The molecule has 0 radical (unpaired) electrons. The molecular formula is C19H23BrN3O2+. The molecule has 5 nitrogen and oxygen atoms in total.